The van der Waals surface area contributed by atoms with Gasteiger partial charge < -0.3 is 10.4 Å². The minimum Gasteiger partial charge on any atom is -0.480 e. The topological polar surface area (TPSA) is 79.3 Å². The molecule has 1 aromatic heterocycles. The molecule has 10 heteroatoms. The summed E-state index contributed by atoms with van der Waals surface area (Å²) in [4.78, 5) is 27.2. The normalized spacial score (nSPS) is 12.3. The number of hydrogen-bond acceptors (Lipinski definition) is 3. The molecule has 0 spiro atoms. The molecule has 0 aliphatic heterocycles. The minimum atomic E-state index is -4.38. The quantitative estimate of drug-likeness (QED) is 0.257. The van der Waals surface area contributed by atoms with Gasteiger partial charge in [-0.1, -0.05) is 30.3 Å². The predicted octanol–water partition coefficient (Wildman–Crippen LogP) is 6.47. The molecule has 4 rings (SSSR count). The molecule has 0 aliphatic rings. The van der Waals surface area contributed by atoms with E-state index >= 15 is 0 Å². The van der Waals surface area contributed by atoms with Crippen molar-refractivity contribution >= 4 is 22.8 Å². The Labute approximate surface area is 213 Å². The SMILES string of the molecule is O=C(O)CNC(=O)c1ccc(C(CCC(F)(F)F)c2cnc3cc(-c4ccc(F)c(F)c4)ccc3c2)cc1. The third-order valence-corrected chi connectivity index (χ3v) is 6.05. The molecule has 2 N–H and O–H groups in total. The lowest BCUT2D eigenvalue weighted by Gasteiger charge is -2.20. The number of benzene rings is 3. The van der Waals surface area contributed by atoms with E-state index in [0.29, 0.717) is 33.2 Å². The largest absolute Gasteiger partial charge is 0.480 e. The smallest absolute Gasteiger partial charge is 0.389 e. The second kappa shape index (κ2) is 11.0. The van der Waals surface area contributed by atoms with Gasteiger partial charge in [0.05, 0.1) is 5.52 Å². The second-order valence-corrected chi connectivity index (χ2v) is 8.71. The molecule has 3 aromatic carbocycles. The van der Waals surface area contributed by atoms with E-state index in [1.165, 1.54) is 36.5 Å². The van der Waals surface area contributed by atoms with Crippen molar-refractivity contribution in [2.75, 3.05) is 6.54 Å². The first-order valence-corrected chi connectivity index (χ1v) is 11.5. The molecule has 196 valence electrons. The van der Waals surface area contributed by atoms with Gasteiger partial charge in [0, 0.05) is 29.5 Å². The number of nitrogens with zero attached hydrogens (tertiary/aromatic N) is 1. The van der Waals surface area contributed by atoms with E-state index in [-0.39, 0.29) is 12.0 Å². The van der Waals surface area contributed by atoms with Gasteiger partial charge >= 0.3 is 12.1 Å². The van der Waals surface area contributed by atoms with Crippen LogP contribution in [0.3, 0.4) is 0 Å². The average molecular weight is 528 g/mol. The summed E-state index contributed by atoms with van der Waals surface area (Å²) in [5.41, 5.74) is 2.81. The summed E-state index contributed by atoms with van der Waals surface area (Å²) in [6.07, 6.45) is -4.19. The Balaban J connectivity index is 1.64. The molecule has 0 fully saturated rings. The highest BCUT2D eigenvalue weighted by Crippen LogP contribution is 2.35. The third kappa shape index (κ3) is 6.50. The highest BCUT2D eigenvalue weighted by Gasteiger charge is 2.29. The summed E-state index contributed by atoms with van der Waals surface area (Å²) in [5.74, 6) is -4.45. The fraction of sp³-hybridized carbons (Fsp3) is 0.179. The number of amides is 1. The Bertz CT molecular complexity index is 1490. The van der Waals surface area contributed by atoms with E-state index in [1.54, 1.807) is 24.3 Å². The first kappa shape index (κ1) is 26.7. The van der Waals surface area contributed by atoms with Crippen LogP contribution in [-0.4, -0.2) is 34.7 Å². The van der Waals surface area contributed by atoms with E-state index < -0.39 is 48.6 Å². The first-order valence-electron chi connectivity index (χ1n) is 11.5. The molecule has 0 saturated carbocycles. The monoisotopic (exact) mass is 528 g/mol. The number of rotatable bonds is 8. The van der Waals surface area contributed by atoms with Gasteiger partial charge in [-0.25, -0.2) is 8.78 Å². The summed E-state index contributed by atoms with van der Waals surface area (Å²) in [6.45, 7) is -0.560. The number of carbonyl (C=O) groups is 2. The zero-order valence-electron chi connectivity index (χ0n) is 19.7. The number of halogens is 5. The molecule has 5 nitrogen and oxygen atoms in total. The fourth-order valence-corrected chi connectivity index (χ4v) is 4.14. The molecule has 0 radical (unpaired) electrons. The number of fused-ring (bicyclic) bond motifs is 1. The molecule has 1 heterocycles. The van der Waals surface area contributed by atoms with Crippen LogP contribution in [0.2, 0.25) is 0 Å². The number of pyridine rings is 1. The molecule has 0 saturated heterocycles. The molecule has 0 bridgehead atoms. The van der Waals surface area contributed by atoms with Gasteiger partial charge in [0.15, 0.2) is 11.6 Å². The number of nitrogens with one attached hydrogen (secondary N) is 1. The lowest BCUT2D eigenvalue weighted by molar-refractivity contribution is -0.136. The van der Waals surface area contributed by atoms with Gasteiger partial charge in [0.1, 0.15) is 6.54 Å². The number of aromatic nitrogens is 1. The van der Waals surface area contributed by atoms with E-state index in [4.69, 9.17) is 5.11 Å². The maximum atomic E-state index is 13.7. The Kier molecular flexibility index (Phi) is 7.70. The summed E-state index contributed by atoms with van der Waals surface area (Å²) in [5, 5.41) is 11.6. The van der Waals surface area contributed by atoms with Crippen LogP contribution < -0.4 is 5.32 Å². The van der Waals surface area contributed by atoms with Crippen LogP contribution in [0.5, 0.6) is 0 Å². The minimum absolute atomic E-state index is 0.172. The molecule has 0 aliphatic carbocycles. The average Bonchev–Trinajstić information content (AvgIpc) is 2.88. The second-order valence-electron chi connectivity index (χ2n) is 8.71. The zero-order valence-corrected chi connectivity index (χ0v) is 19.7. The van der Waals surface area contributed by atoms with E-state index in [1.807, 2.05) is 0 Å². The van der Waals surface area contributed by atoms with E-state index in [9.17, 15) is 31.5 Å². The molecular formula is C28H21F5N2O3. The molecular weight excluding hydrogens is 507 g/mol. The molecule has 1 unspecified atom stereocenters. The Morgan fingerprint density at radius 2 is 1.55 bits per heavy atom. The highest BCUT2D eigenvalue weighted by atomic mass is 19.4. The molecule has 1 atom stereocenters. The van der Waals surface area contributed by atoms with Crippen molar-refractivity contribution < 1.29 is 36.6 Å². The zero-order chi connectivity index (χ0) is 27.4. The van der Waals surface area contributed by atoms with Crippen LogP contribution in [0, 0.1) is 11.6 Å². The standard InChI is InChI=1S/C28H21F5N2O3/c29-23-8-7-18(12-24(23)30)19-5-6-20-11-21(14-34-25(20)13-19)22(9-10-28(31,32)33)16-1-3-17(4-2-16)27(38)35-15-26(36)37/h1-8,11-14,22H,9-10,15H2,(H,35,38)(H,36,37). The number of carbonyl (C=O) groups excluding carboxylic acids is 1. The van der Waals surface area contributed by atoms with Crippen molar-refractivity contribution in [1.29, 1.82) is 0 Å². The van der Waals surface area contributed by atoms with E-state index in [0.717, 1.165) is 12.1 Å². The molecule has 1 amide bonds. The Morgan fingerprint density at radius 3 is 2.21 bits per heavy atom. The van der Waals surface area contributed by atoms with Gasteiger partial charge in [0.25, 0.3) is 5.91 Å². The summed E-state index contributed by atoms with van der Waals surface area (Å²) in [6, 6.07) is 16.3. The van der Waals surface area contributed by atoms with Crippen molar-refractivity contribution in [3.05, 3.63) is 101 Å². The number of carboxylic acid groups (broad SMARTS) is 1. The van der Waals surface area contributed by atoms with Gasteiger partial charge in [-0.15, -0.1) is 0 Å². The first-order chi connectivity index (χ1) is 18.0. The fourth-order valence-electron chi connectivity index (χ4n) is 4.14. The van der Waals surface area contributed by atoms with Crippen LogP contribution in [0.4, 0.5) is 22.0 Å². The van der Waals surface area contributed by atoms with Crippen molar-refractivity contribution in [2.45, 2.75) is 24.9 Å². The lowest BCUT2D eigenvalue weighted by Crippen LogP contribution is -2.29. The number of aliphatic carboxylic acids is 1. The van der Waals surface area contributed by atoms with Crippen LogP contribution in [-0.2, 0) is 4.79 Å². The predicted molar refractivity (Wildman–Crippen MR) is 131 cm³/mol. The van der Waals surface area contributed by atoms with Gasteiger partial charge in [0.2, 0.25) is 0 Å². The summed E-state index contributed by atoms with van der Waals surface area (Å²) >= 11 is 0. The van der Waals surface area contributed by atoms with Crippen LogP contribution >= 0.6 is 0 Å². The molecule has 4 aromatic rings. The summed E-state index contributed by atoms with van der Waals surface area (Å²) in [7, 11) is 0. The summed E-state index contributed by atoms with van der Waals surface area (Å²) < 4.78 is 66.3. The van der Waals surface area contributed by atoms with E-state index in [2.05, 4.69) is 10.3 Å². The van der Waals surface area contributed by atoms with Crippen molar-refractivity contribution in [3.63, 3.8) is 0 Å². The Hall–Kier alpha value is -4.34. The lowest BCUT2D eigenvalue weighted by atomic mass is 9.87. The maximum absolute atomic E-state index is 13.7. The van der Waals surface area contributed by atoms with Crippen molar-refractivity contribution in [2.24, 2.45) is 0 Å². The number of hydrogen-bond donors (Lipinski definition) is 2. The third-order valence-electron chi connectivity index (χ3n) is 6.05. The van der Waals surface area contributed by atoms with Crippen LogP contribution in [0.1, 0.15) is 40.2 Å². The van der Waals surface area contributed by atoms with Gasteiger partial charge in [-0.2, -0.15) is 13.2 Å². The van der Waals surface area contributed by atoms with Crippen LogP contribution in [0.15, 0.2) is 72.9 Å². The number of carboxylic acids is 1. The van der Waals surface area contributed by atoms with Gasteiger partial charge in [-0.3, -0.25) is 14.6 Å². The number of alkyl halides is 3. The Morgan fingerprint density at radius 1 is 0.868 bits per heavy atom. The van der Waals surface area contributed by atoms with Crippen molar-refractivity contribution in [1.82, 2.24) is 10.3 Å². The maximum Gasteiger partial charge on any atom is 0.389 e. The van der Waals surface area contributed by atoms with Crippen molar-refractivity contribution in [3.8, 4) is 11.1 Å². The molecule has 38 heavy (non-hydrogen) atoms. The van der Waals surface area contributed by atoms with Crippen LogP contribution in [0.25, 0.3) is 22.0 Å². The highest BCUT2D eigenvalue weighted by molar-refractivity contribution is 5.95. The van der Waals surface area contributed by atoms with Gasteiger partial charge in [-0.05, 0) is 65.1 Å².